The lowest BCUT2D eigenvalue weighted by Gasteiger charge is -2.31. The second-order valence-electron chi connectivity index (χ2n) is 3.92. The van der Waals surface area contributed by atoms with Crippen molar-refractivity contribution < 1.29 is 32.2 Å². The number of hydrogen-bond donors (Lipinski definition) is 1. The number of hydrogen-bond acceptors (Lipinski definition) is 4. The Labute approximate surface area is 107 Å². The lowest BCUT2D eigenvalue weighted by Crippen LogP contribution is -2.52. The van der Waals surface area contributed by atoms with E-state index in [0.717, 1.165) is 0 Å². The minimum Gasteiger partial charge on any atom is -0.365 e. The summed E-state index contributed by atoms with van der Waals surface area (Å²) in [7, 11) is 1.43. The number of carbonyl (C=O) groups excluding carboxylic acids is 2. The van der Waals surface area contributed by atoms with Crippen LogP contribution in [-0.4, -0.2) is 69.0 Å². The van der Waals surface area contributed by atoms with Gasteiger partial charge in [-0.15, -0.1) is 0 Å². The summed E-state index contributed by atoms with van der Waals surface area (Å²) in [4.78, 5) is 24.2. The molecule has 0 spiro atoms. The maximum atomic E-state index is 11.8. The number of halogens is 3. The topological polar surface area (TPSA) is 67.9 Å². The number of likely N-dealkylation sites (N-methyl/N-ethyl adjacent to an activating group) is 1. The third-order valence-electron chi connectivity index (χ3n) is 2.45. The van der Waals surface area contributed by atoms with Gasteiger partial charge in [0.25, 0.3) is 5.91 Å². The lowest BCUT2D eigenvalue weighted by atomic mass is 10.2. The first-order valence-corrected chi connectivity index (χ1v) is 5.59. The van der Waals surface area contributed by atoms with E-state index in [2.05, 4.69) is 10.1 Å². The van der Waals surface area contributed by atoms with Gasteiger partial charge in [-0.05, 0) is 0 Å². The van der Waals surface area contributed by atoms with Crippen LogP contribution in [0.2, 0.25) is 0 Å². The van der Waals surface area contributed by atoms with Gasteiger partial charge >= 0.3 is 6.18 Å². The minimum atomic E-state index is -4.46. The second kappa shape index (κ2) is 6.71. The number of morpholine rings is 1. The molecule has 0 radical (unpaired) electrons. The van der Waals surface area contributed by atoms with Crippen molar-refractivity contribution in [2.75, 3.05) is 40.0 Å². The van der Waals surface area contributed by atoms with E-state index in [9.17, 15) is 22.8 Å². The van der Waals surface area contributed by atoms with Crippen molar-refractivity contribution in [2.45, 2.75) is 12.3 Å². The quantitative estimate of drug-likeness (QED) is 0.758. The van der Waals surface area contributed by atoms with Crippen LogP contribution in [0.5, 0.6) is 0 Å². The van der Waals surface area contributed by atoms with Crippen LogP contribution in [0.25, 0.3) is 0 Å². The van der Waals surface area contributed by atoms with Gasteiger partial charge in [0.05, 0.1) is 13.2 Å². The number of ether oxygens (including phenoxy) is 2. The maximum Gasteiger partial charge on any atom is 0.411 e. The Morgan fingerprint density at radius 2 is 2.16 bits per heavy atom. The lowest BCUT2D eigenvalue weighted by molar-refractivity contribution is -0.179. The molecule has 1 unspecified atom stereocenters. The fourth-order valence-electron chi connectivity index (χ4n) is 1.54. The van der Waals surface area contributed by atoms with E-state index in [1.807, 2.05) is 0 Å². The normalized spacial score (nSPS) is 20.2. The van der Waals surface area contributed by atoms with E-state index < -0.39 is 31.4 Å². The summed E-state index contributed by atoms with van der Waals surface area (Å²) >= 11 is 0. The van der Waals surface area contributed by atoms with Crippen molar-refractivity contribution in [3.63, 3.8) is 0 Å². The van der Waals surface area contributed by atoms with Gasteiger partial charge in [-0.25, -0.2) is 0 Å². The van der Waals surface area contributed by atoms with Gasteiger partial charge in [0.1, 0.15) is 13.2 Å². The van der Waals surface area contributed by atoms with Crippen LogP contribution in [0.15, 0.2) is 0 Å². The average molecular weight is 284 g/mol. The van der Waals surface area contributed by atoms with Crippen molar-refractivity contribution in [3.05, 3.63) is 0 Å². The van der Waals surface area contributed by atoms with E-state index in [4.69, 9.17) is 4.74 Å². The Bertz CT molecular complexity index is 335. The number of nitrogens with zero attached hydrogens (tertiary/aromatic N) is 1. The Kier molecular flexibility index (Phi) is 5.55. The number of rotatable bonds is 4. The predicted octanol–water partition coefficient (Wildman–Crippen LogP) is -0.461. The summed E-state index contributed by atoms with van der Waals surface area (Å²) in [5, 5.41) is 2.38. The van der Waals surface area contributed by atoms with Gasteiger partial charge in [-0.1, -0.05) is 0 Å². The molecule has 1 saturated heterocycles. The maximum absolute atomic E-state index is 11.8. The molecule has 0 bridgehead atoms. The number of carbonyl (C=O) groups is 2. The monoisotopic (exact) mass is 284 g/mol. The first kappa shape index (κ1) is 15.7. The molecule has 2 amide bonds. The van der Waals surface area contributed by atoms with Crippen LogP contribution in [0.4, 0.5) is 13.2 Å². The Morgan fingerprint density at radius 1 is 1.47 bits per heavy atom. The third-order valence-corrected chi connectivity index (χ3v) is 2.45. The summed E-state index contributed by atoms with van der Waals surface area (Å²) in [5.74, 6) is -0.977. The van der Waals surface area contributed by atoms with E-state index >= 15 is 0 Å². The van der Waals surface area contributed by atoms with Crippen molar-refractivity contribution in [1.82, 2.24) is 10.2 Å². The molecule has 1 N–H and O–H groups in total. The van der Waals surface area contributed by atoms with Gasteiger partial charge < -0.3 is 19.7 Å². The fraction of sp³-hybridized carbons (Fsp3) is 0.800. The van der Waals surface area contributed by atoms with Gasteiger partial charge in [0.15, 0.2) is 6.10 Å². The molecule has 0 aliphatic carbocycles. The molecule has 110 valence electrons. The molecule has 1 atom stereocenters. The van der Waals surface area contributed by atoms with Crippen molar-refractivity contribution in [1.29, 1.82) is 0 Å². The van der Waals surface area contributed by atoms with Crippen LogP contribution >= 0.6 is 0 Å². The summed E-state index contributed by atoms with van der Waals surface area (Å²) in [6.45, 7) is -1.75. The smallest absolute Gasteiger partial charge is 0.365 e. The molecular weight excluding hydrogens is 269 g/mol. The first-order valence-electron chi connectivity index (χ1n) is 5.59. The summed E-state index contributed by atoms with van der Waals surface area (Å²) < 4.78 is 44.9. The van der Waals surface area contributed by atoms with E-state index in [1.54, 1.807) is 0 Å². The van der Waals surface area contributed by atoms with Gasteiger partial charge in [-0.2, -0.15) is 13.2 Å². The van der Waals surface area contributed by atoms with Crippen LogP contribution in [0.3, 0.4) is 0 Å². The summed E-state index contributed by atoms with van der Waals surface area (Å²) in [6, 6.07) is 0. The molecule has 1 fully saturated rings. The highest BCUT2D eigenvalue weighted by atomic mass is 19.4. The SMILES string of the molecule is CNC(=O)C1CN(C(=O)COCC(F)(F)F)CCO1. The van der Waals surface area contributed by atoms with Crippen LogP contribution in [0.1, 0.15) is 0 Å². The Hall–Kier alpha value is -1.35. The highest BCUT2D eigenvalue weighted by molar-refractivity contribution is 5.83. The molecule has 1 rings (SSSR count). The van der Waals surface area contributed by atoms with Gasteiger partial charge in [-0.3, -0.25) is 9.59 Å². The molecule has 0 aromatic heterocycles. The first-order chi connectivity index (χ1) is 8.83. The number of nitrogens with one attached hydrogen (secondary N) is 1. The molecule has 0 saturated carbocycles. The molecule has 1 aliphatic heterocycles. The molecule has 0 aromatic carbocycles. The van der Waals surface area contributed by atoms with Crippen LogP contribution in [-0.2, 0) is 19.1 Å². The van der Waals surface area contributed by atoms with Crippen molar-refractivity contribution in [2.24, 2.45) is 0 Å². The Morgan fingerprint density at radius 3 is 2.74 bits per heavy atom. The predicted molar refractivity (Wildman–Crippen MR) is 57.3 cm³/mol. The zero-order chi connectivity index (χ0) is 14.5. The third kappa shape index (κ3) is 5.43. The number of alkyl halides is 3. The van der Waals surface area contributed by atoms with Crippen LogP contribution in [0, 0.1) is 0 Å². The van der Waals surface area contributed by atoms with Crippen molar-refractivity contribution in [3.8, 4) is 0 Å². The highest BCUT2D eigenvalue weighted by Gasteiger charge is 2.31. The molecule has 9 heteroatoms. The zero-order valence-electron chi connectivity index (χ0n) is 10.3. The Balaban J connectivity index is 2.38. The molecule has 19 heavy (non-hydrogen) atoms. The largest absolute Gasteiger partial charge is 0.411 e. The highest BCUT2D eigenvalue weighted by Crippen LogP contribution is 2.14. The summed E-state index contributed by atoms with van der Waals surface area (Å²) in [6.07, 6.45) is -5.26. The molecule has 0 aromatic rings. The standard InChI is InChI=1S/C10H15F3N2O4/c1-14-9(17)7-4-15(2-3-19-7)8(16)5-18-6-10(11,12)13/h7H,2-6H2,1H3,(H,14,17). The van der Waals surface area contributed by atoms with Gasteiger partial charge in [0, 0.05) is 13.6 Å². The van der Waals surface area contributed by atoms with E-state index in [0.29, 0.717) is 0 Å². The second-order valence-corrected chi connectivity index (χ2v) is 3.92. The molecule has 6 nitrogen and oxygen atoms in total. The zero-order valence-corrected chi connectivity index (χ0v) is 10.3. The fourth-order valence-corrected chi connectivity index (χ4v) is 1.54. The summed E-state index contributed by atoms with van der Waals surface area (Å²) in [5.41, 5.74) is 0. The molecular formula is C10H15F3N2O4. The molecule has 1 aliphatic rings. The van der Waals surface area contributed by atoms with E-state index in [-0.39, 0.29) is 25.6 Å². The minimum absolute atomic E-state index is 0.00782. The molecule has 1 heterocycles. The van der Waals surface area contributed by atoms with Crippen LogP contribution < -0.4 is 5.32 Å². The average Bonchev–Trinajstić information content (AvgIpc) is 2.36. The number of amides is 2. The van der Waals surface area contributed by atoms with Gasteiger partial charge in [0.2, 0.25) is 5.91 Å². The van der Waals surface area contributed by atoms with Crippen molar-refractivity contribution >= 4 is 11.8 Å². The van der Waals surface area contributed by atoms with E-state index in [1.165, 1.54) is 11.9 Å².